The fraction of sp³-hybridized carbons (Fsp3) is 0.500. The smallest absolute Gasteiger partial charge is 0.0321 e. The van der Waals surface area contributed by atoms with E-state index in [2.05, 4.69) is 54.9 Å². The van der Waals surface area contributed by atoms with Crippen LogP contribution in [-0.2, 0) is 6.42 Å². The topological polar surface area (TPSA) is 26.0 Å². The van der Waals surface area contributed by atoms with Crippen LogP contribution >= 0.6 is 15.9 Å². The third kappa shape index (κ3) is 2.58. The second-order valence-electron chi connectivity index (χ2n) is 3.97. The van der Waals surface area contributed by atoms with Crippen LogP contribution in [0.3, 0.4) is 0 Å². The second kappa shape index (κ2) is 4.94. The van der Waals surface area contributed by atoms with E-state index in [0.29, 0.717) is 5.92 Å². The van der Waals surface area contributed by atoms with E-state index in [9.17, 15) is 0 Å². The summed E-state index contributed by atoms with van der Waals surface area (Å²) in [5, 5.41) is 0. The molecule has 0 spiro atoms. The van der Waals surface area contributed by atoms with Crippen LogP contribution in [-0.4, -0.2) is 0 Å². The molecule has 1 nitrogen and oxygen atoms in total. The van der Waals surface area contributed by atoms with Crippen molar-refractivity contribution >= 4 is 15.9 Å². The maximum atomic E-state index is 6.16. The van der Waals surface area contributed by atoms with Crippen molar-refractivity contribution in [3.8, 4) is 0 Å². The van der Waals surface area contributed by atoms with E-state index in [1.807, 2.05) is 0 Å². The number of hydrogen-bond acceptors (Lipinski definition) is 1. The van der Waals surface area contributed by atoms with Gasteiger partial charge in [0.25, 0.3) is 0 Å². The van der Waals surface area contributed by atoms with Gasteiger partial charge in [-0.05, 0) is 35.6 Å². The van der Waals surface area contributed by atoms with Crippen molar-refractivity contribution in [2.45, 2.75) is 33.2 Å². The van der Waals surface area contributed by atoms with Gasteiger partial charge in [0.1, 0.15) is 0 Å². The van der Waals surface area contributed by atoms with E-state index < -0.39 is 0 Å². The average Bonchev–Trinajstić information content (AvgIpc) is 2.16. The zero-order valence-electron chi connectivity index (χ0n) is 9.05. The van der Waals surface area contributed by atoms with Gasteiger partial charge in [0, 0.05) is 10.5 Å². The molecular formula is C12H18BrN. The third-order valence-electron chi connectivity index (χ3n) is 2.57. The molecule has 0 saturated heterocycles. The Balaban J connectivity index is 3.10. The summed E-state index contributed by atoms with van der Waals surface area (Å²) in [6.45, 7) is 6.48. The van der Waals surface area contributed by atoms with Crippen LogP contribution in [0, 0.1) is 5.92 Å². The Morgan fingerprint density at radius 2 is 2.00 bits per heavy atom. The first kappa shape index (κ1) is 11.7. The van der Waals surface area contributed by atoms with Crippen molar-refractivity contribution in [2.75, 3.05) is 0 Å². The van der Waals surface area contributed by atoms with Crippen LogP contribution in [0.15, 0.2) is 22.7 Å². The average molecular weight is 256 g/mol. The van der Waals surface area contributed by atoms with Crippen molar-refractivity contribution in [2.24, 2.45) is 11.7 Å². The normalized spacial score (nSPS) is 13.3. The summed E-state index contributed by atoms with van der Waals surface area (Å²) in [7, 11) is 0. The van der Waals surface area contributed by atoms with Crippen molar-refractivity contribution in [1.29, 1.82) is 0 Å². The Labute approximate surface area is 94.8 Å². The zero-order valence-corrected chi connectivity index (χ0v) is 10.6. The first-order valence-corrected chi connectivity index (χ1v) is 5.89. The predicted octanol–water partition coefficient (Wildman–Crippen LogP) is 3.67. The summed E-state index contributed by atoms with van der Waals surface area (Å²) in [4.78, 5) is 0. The molecule has 78 valence electrons. The van der Waals surface area contributed by atoms with E-state index in [0.717, 1.165) is 10.9 Å². The molecule has 1 rings (SSSR count). The number of nitrogens with two attached hydrogens (primary N) is 1. The van der Waals surface area contributed by atoms with Gasteiger partial charge < -0.3 is 5.73 Å². The highest BCUT2D eigenvalue weighted by Crippen LogP contribution is 2.26. The van der Waals surface area contributed by atoms with Gasteiger partial charge in [-0.2, -0.15) is 0 Å². The maximum Gasteiger partial charge on any atom is 0.0321 e. The minimum Gasteiger partial charge on any atom is -0.324 e. The first-order valence-electron chi connectivity index (χ1n) is 5.10. The molecule has 14 heavy (non-hydrogen) atoms. The first-order chi connectivity index (χ1) is 6.56. The molecule has 0 unspecified atom stereocenters. The van der Waals surface area contributed by atoms with Gasteiger partial charge in [-0.15, -0.1) is 0 Å². The maximum absolute atomic E-state index is 6.16. The zero-order chi connectivity index (χ0) is 10.7. The molecule has 0 aliphatic heterocycles. The van der Waals surface area contributed by atoms with Gasteiger partial charge in [0.05, 0.1) is 0 Å². The van der Waals surface area contributed by atoms with Crippen molar-refractivity contribution in [3.05, 3.63) is 33.8 Å². The van der Waals surface area contributed by atoms with Gasteiger partial charge in [-0.3, -0.25) is 0 Å². The molecule has 1 aromatic rings. The van der Waals surface area contributed by atoms with E-state index in [1.54, 1.807) is 0 Å². The lowest BCUT2D eigenvalue weighted by atomic mass is 9.92. The minimum absolute atomic E-state index is 0.141. The molecule has 0 amide bonds. The summed E-state index contributed by atoms with van der Waals surface area (Å²) < 4.78 is 1.11. The summed E-state index contributed by atoms with van der Waals surface area (Å²) in [6.07, 6.45) is 1.04. The quantitative estimate of drug-likeness (QED) is 0.877. The second-order valence-corrected chi connectivity index (χ2v) is 4.88. The number of halogens is 1. The lowest BCUT2D eigenvalue weighted by Gasteiger charge is -2.19. The van der Waals surface area contributed by atoms with E-state index >= 15 is 0 Å². The van der Waals surface area contributed by atoms with Crippen LogP contribution in [0.1, 0.15) is 37.9 Å². The lowest BCUT2D eigenvalue weighted by Crippen LogP contribution is -2.18. The molecule has 0 saturated carbocycles. The highest BCUT2D eigenvalue weighted by atomic mass is 79.9. The molecule has 1 aromatic carbocycles. The fourth-order valence-corrected chi connectivity index (χ4v) is 1.94. The largest absolute Gasteiger partial charge is 0.324 e. The molecule has 0 bridgehead atoms. The Bertz CT molecular complexity index is 307. The molecule has 2 N–H and O–H groups in total. The SMILES string of the molecule is CCc1ccc(Br)cc1[C@@H](N)C(C)C. The molecule has 0 aliphatic rings. The van der Waals surface area contributed by atoms with E-state index in [1.165, 1.54) is 11.1 Å². The molecule has 0 aromatic heterocycles. The van der Waals surface area contributed by atoms with Gasteiger partial charge in [-0.1, -0.05) is 42.8 Å². The Kier molecular flexibility index (Phi) is 4.14. The van der Waals surface area contributed by atoms with Crippen LogP contribution in [0.2, 0.25) is 0 Å². The van der Waals surface area contributed by atoms with Gasteiger partial charge in [-0.25, -0.2) is 0 Å². The molecule has 0 heterocycles. The summed E-state index contributed by atoms with van der Waals surface area (Å²) >= 11 is 3.49. The molecule has 0 fully saturated rings. The van der Waals surface area contributed by atoms with Crippen molar-refractivity contribution in [3.63, 3.8) is 0 Å². The Morgan fingerprint density at radius 3 is 2.50 bits per heavy atom. The van der Waals surface area contributed by atoms with Gasteiger partial charge >= 0.3 is 0 Å². The van der Waals surface area contributed by atoms with Gasteiger partial charge in [0.2, 0.25) is 0 Å². The summed E-state index contributed by atoms with van der Waals surface area (Å²) in [5.74, 6) is 0.481. The highest BCUT2D eigenvalue weighted by Gasteiger charge is 2.13. The summed E-state index contributed by atoms with van der Waals surface area (Å²) in [6, 6.07) is 6.52. The van der Waals surface area contributed by atoms with Crippen LogP contribution in [0.5, 0.6) is 0 Å². The Hall–Kier alpha value is -0.340. The van der Waals surface area contributed by atoms with E-state index in [-0.39, 0.29) is 6.04 Å². The van der Waals surface area contributed by atoms with Crippen LogP contribution in [0.4, 0.5) is 0 Å². The van der Waals surface area contributed by atoms with Crippen LogP contribution < -0.4 is 5.73 Å². The monoisotopic (exact) mass is 255 g/mol. The van der Waals surface area contributed by atoms with Gasteiger partial charge in [0.15, 0.2) is 0 Å². The number of benzene rings is 1. The molecule has 1 atom stereocenters. The van der Waals surface area contributed by atoms with Crippen LogP contribution in [0.25, 0.3) is 0 Å². The van der Waals surface area contributed by atoms with E-state index in [4.69, 9.17) is 5.73 Å². The molecule has 0 radical (unpaired) electrons. The lowest BCUT2D eigenvalue weighted by molar-refractivity contribution is 0.511. The standard InChI is InChI=1S/C12H18BrN/c1-4-9-5-6-10(13)7-11(9)12(14)8(2)3/h5-8,12H,4,14H2,1-3H3/t12-/m0/s1. The number of aryl methyl sites for hydroxylation is 1. The molecule has 2 heteroatoms. The third-order valence-corrected chi connectivity index (χ3v) is 3.06. The highest BCUT2D eigenvalue weighted by molar-refractivity contribution is 9.10. The number of rotatable bonds is 3. The fourth-order valence-electron chi connectivity index (χ4n) is 1.56. The Morgan fingerprint density at radius 1 is 1.36 bits per heavy atom. The van der Waals surface area contributed by atoms with Crippen molar-refractivity contribution < 1.29 is 0 Å². The molecular weight excluding hydrogens is 238 g/mol. The minimum atomic E-state index is 0.141. The number of hydrogen-bond donors (Lipinski definition) is 1. The summed E-state index contributed by atoms with van der Waals surface area (Å²) in [5.41, 5.74) is 8.79. The predicted molar refractivity (Wildman–Crippen MR) is 65.3 cm³/mol. The molecule has 0 aliphatic carbocycles. The van der Waals surface area contributed by atoms with Crippen molar-refractivity contribution in [1.82, 2.24) is 0 Å².